The van der Waals surface area contributed by atoms with Gasteiger partial charge in [-0.05, 0) is 41.7 Å². The molecule has 0 amide bonds. The first-order chi connectivity index (χ1) is 17.1. The zero-order valence-corrected chi connectivity index (χ0v) is 19.1. The number of ether oxygens (including phenoxy) is 2. The van der Waals surface area contributed by atoms with E-state index in [1.165, 1.54) is 0 Å². The summed E-state index contributed by atoms with van der Waals surface area (Å²) in [7, 11) is 0. The van der Waals surface area contributed by atoms with Crippen molar-refractivity contribution in [1.82, 2.24) is 4.98 Å². The lowest BCUT2D eigenvalue weighted by Gasteiger charge is -2.39. The topological polar surface area (TPSA) is 75.4 Å². The van der Waals surface area contributed by atoms with Crippen LogP contribution in [0.15, 0.2) is 97.2 Å². The number of aromatic nitrogens is 1. The van der Waals surface area contributed by atoms with Gasteiger partial charge in [0.05, 0.1) is 17.8 Å². The van der Waals surface area contributed by atoms with Crippen molar-refractivity contribution < 1.29 is 14.6 Å². The zero-order valence-electron chi connectivity index (χ0n) is 19.1. The maximum atomic E-state index is 12.3. The van der Waals surface area contributed by atoms with Gasteiger partial charge in [0, 0.05) is 12.0 Å². The third kappa shape index (κ3) is 3.30. The molecular formula is C30H24N2O3. The molecule has 35 heavy (non-hydrogen) atoms. The second kappa shape index (κ2) is 8.26. The molecule has 1 aliphatic heterocycles. The number of nitrogens with zero attached hydrogens (tertiary/aromatic N) is 2. The van der Waals surface area contributed by atoms with E-state index in [4.69, 9.17) is 9.47 Å². The first kappa shape index (κ1) is 21.4. The maximum Gasteiger partial charge on any atom is 0.175 e. The van der Waals surface area contributed by atoms with Crippen LogP contribution in [-0.4, -0.2) is 10.1 Å². The van der Waals surface area contributed by atoms with Crippen LogP contribution in [0, 0.1) is 11.3 Å². The van der Waals surface area contributed by atoms with Crippen molar-refractivity contribution >= 4 is 0 Å². The second-order valence-corrected chi connectivity index (χ2v) is 9.18. The van der Waals surface area contributed by atoms with E-state index in [1.807, 2.05) is 66.7 Å². The molecule has 1 aromatic heterocycles. The fourth-order valence-corrected chi connectivity index (χ4v) is 5.67. The SMILES string of the molecule is N#Cc1ccc(C23Oc4cc(OCc5ccccc5)cnc4C2(O)CCC3c2ccccc2)cc1. The standard InChI is InChI=1S/C30H24N2O3/c31-18-21-11-13-24(14-12-21)30-26(23-9-5-2-6-10-23)15-16-29(30,33)28-27(35-30)17-25(19-32-28)34-20-22-7-3-1-4-8-22/h1-14,17,19,26,33H,15-16,20H2. The summed E-state index contributed by atoms with van der Waals surface area (Å²) in [5.41, 5.74) is 1.71. The molecule has 6 rings (SSSR count). The van der Waals surface area contributed by atoms with Gasteiger partial charge in [-0.25, -0.2) is 0 Å². The Kier molecular flexibility index (Phi) is 5.05. The van der Waals surface area contributed by atoms with Crippen LogP contribution >= 0.6 is 0 Å². The minimum atomic E-state index is -1.31. The summed E-state index contributed by atoms with van der Waals surface area (Å²) in [5, 5.41) is 21.6. The Morgan fingerprint density at radius 2 is 1.71 bits per heavy atom. The van der Waals surface area contributed by atoms with Crippen molar-refractivity contribution in [2.24, 2.45) is 0 Å². The van der Waals surface area contributed by atoms with Crippen molar-refractivity contribution in [3.8, 4) is 17.6 Å². The van der Waals surface area contributed by atoms with E-state index >= 15 is 0 Å². The van der Waals surface area contributed by atoms with Gasteiger partial charge in [-0.3, -0.25) is 4.98 Å². The van der Waals surface area contributed by atoms with Crippen molar-refractivity contribution in [3.05, 3.63) is 125 Å². The number of hydrogen-bond donors (Lipinski definition) is 1. The molecule has 0 bridgehead atoms. The molecule has 0 saturated heterocycles. The third-order valence-corrected chi connectivity index (χ3v) is 7.28. The fourth-order valence-electron chi connectivity index (χ4n) is 5.67. The molecule has 1 saturated carbocycles. The van der Waals surface area contributed by atoms with Crippen LogP contribution in [0.3, 0.4) is 0 Å². The summed E-state index contributed by atoms with van der Waals surface area (Å²) in [6, 6.07) is 31.4. The number of benzene rings is 3. The zero-order chi connectivity index (χ0) is 23.9. The van der Waals surface area contributed by atoms with Gasteiger partial charge < -0.3 is 14.6 Å². The number of nitriles is 1. The molecule has 2 heterocycles. The first-order valence-corrected chi connectivity index (χ1v) is 11.8. The van der Waals surface area contributed by atoms with E-state index in [-0.39, 0.29) is 5.92 Å². The highest BCUT2D eigenvalue weighted by Crippen LogP contribution is 2.66. The lowest BCUT2D eigenvalue weighted by atomic mass is 9.72. The average Bonchev–Trinajstić information content (AvgIpc) is 3.35. The van der Waals surface area contributed by atoms with Crippen molar-refractivity contribution in [2.45, 2.75) is 36.6 Å². The van der Waals surface area contributed by atoms with Crippen LogP contribution < -0.4 is 9.47 Å². The van der Waals surface area contributed by atoms with Crippen molar-refractivity contribution in [2.75, 3.05) is 0 Å². The first-order valence-electron chi connectivity index (χ1n) is 11.8. The van der Waals surface area contributed by atoms with E-state index < -0.39 is 11.2 Å². The smallest absolute Gasteiger partial charge is 0.175 e. The summed E-state index contributed by atoms with van der Waals surface area (Å²) in [4.78, 5) is 4.67. The quantitative estimate of drug-likeness (QED) is 0.420. The van der Waals surface area contributed by atoms with Crippen molar-refractivity contribution in [3.63, 3.8) is 0 Å². The highest BCUT2D eigenvalue weighted by molar-refractivity contribution is 5.53. The van der Waals surface area contributed by atoms with E-state index in [1.54, 1.807) is 18.3 Å². The Hall–Kier alpha value is -4.14. The van der Waals surface area contributed by atoms with Gasteiger partial charge in [-0.15, -0.1) is 0 Å². The normalized spacial score (nSPS) is 24.2. The summed E-state index contributed by atoms with van der Waals surface area (Å²) in [6.45, 7) is 0.416. The number of hydrogen-bond acceptors (Lipinski definition) is 5. The molecule has 172 valence electrons. The molecule has 1 aliphatic carbocycles. The van der Waals surface area contributed by atoms with Crippen LogP contribution in [0.4, 0.5) is 0 Å². The van der Waals surface area contributed by atoms with Gasteiger partial charge in [-0.1, -0.05) is 72.8 Å². The molecule has 3 unspecified atom stereocenters. The van der Waals surface area contributed by atoms with Gasteiger partial charge in [0.15, 0.2) is 11.2 Å². The van der Waals surface area contributed by atoms with E-state index in [0.29, 0.717) is 35.8 Å². The summed E-state index contributed by atoms with van der Waals surface area (Å²) < 4.78 is 12.8. The lowest BCUT2D eigenvalue weighted by molar-refractivity contribution is -0.107. The Labute approximate surface area is 204 Å². The lowest BCUT2D eigenvalue weighted by Crippen LogP contribution is -2.48. The largest absolute Gasteiger partial charge is 0.487 e. The summed E-state index contributed by atoms with van der Waals surface area (Å²) >= 11 is 0. The van der Waals surface area contributed by atoms with Gasteiger partial charge in [0.1, 0.15) is 23.8 Å². The molecule has 4 aromatic rings. The van der Waals surface area contributed by atoms with Gasteiger partial charge in [0.2, 0.25) is 0 Å². The minimum absolute atomic E-state index is 0.0930. The Balaban J connectivity index is 1.43. The number of rotatable bonds is 5. The van der Waals surface area contributed by atoms with Gasteiger partial charge >= 0.3 is 0 Å². The van der Waals surface area contributed by atoms with E-state index in [0.717, 1.165) is 23.1 Å². The molecule has 0 radical (unpaired) electrons. The Bertz CT molecular complexity index is 1400. The molecule has 1 fully saturated rings. The summed E-state index contributed by atoms with van der Waals surface area (Å²) in [6.07, 6.45) is 2.92. The molecule has 3 atom stereocenters. The summed E-state index contributed by atoms with van der Waals surface area (Å²) in [5.74, 6) is 1.02. The number of aliphatic hydroxyl groups is 1. The maximum absolute atomic E-state index is 12.3. The highest BCUT2D eigenvalue weighted by Gasteiger charge is 2.69. The Morgan fingerprint density at radius 3 is 2.43 bits per heavy atom. The minimum Gasteiger partial charge on any atom is -0.487 e. The highest BCUT2D eigenvalue weighted by atomic mass is 16.5. The molecule has 2 aliphatic rings. The fraction of sp³-hybridized carbons (Fsp3) is 0.200. The molecule has 1 N–H and O–H groups in total. The van der Waals surface area contributed by atoms with Gasteiger partial charge in [-0.2, -0.15) is 5.26 Å². The molecule has 5 heteroatoms. The molecular weight excluding hydrogens is 436 g/mol. The number of fused-ring (bicyclic) bond motifs is 3. The molecule has 3 aromatic carbocycles. The predicted octanol–water partition coefficient (Wildman–Crippen LogP) is 5.59. The van der Waals surface area contributed by atoms with E-state index in [2.05, 4.69) is 23.2 Å². The van der Waals surface area contributed by atoms with Gasteiger partial charge in [0.25, 0.3) is 0 Å². The van der Waals surface area contributed by atoms with Crippen LogP contribution in [0.25, 0.3) is 0 Å². The number of pyridine rings is 1. The third-order valence-electron chi connectivity index (χ3n) is 7.28. The predicted molar refractivity (Wildman–Crippen MR) is 131 cm³/mol. The van der Waals surface area contributed by atoms with Crippen LogP contribution in [-0.2, 0) is 17.8 Å². The Morgan fingerprint density at radius 1 is 1.00 bits per heavy atom. The van der Waals surface area contributed by atoms with E-state index in [9.17, 15) is 10.4 Å². The van der Waals surface area contributed by atoms with Crippen molar-refractivity contribution in [1.29, 1.82) is 5.26 Å². The monoisotopic (exact) mass is 460 g/mol. The average molecular weight is 461 g/mol. The molecule has 5 nitrogen and oxygen atoms in total. The van der Waals surface area contributed by atoms with Crippen LogP contribution in [0.1, 0.15) is 46.7 Å². The molecule has 0 spiro atoms. The second-order valence-electron chi connectivity index (χ2n) is 9.18. The van der Waals surface area contributed by atoms with Crippen LogP contribution in [0.5, 0.6) is 11.5 Å². The van der Waals surface area contributed by atoms with Crippen LogP contribution in [0.2, 0.25) is 0 Å².